The molecule has 0 aliphatic carbocycles. The first-order valence-corrected chi connectivity index (χ1v) is 4.94. The summed E-state index contributed by atoms with van der Waals surface area (Å²) in [7, 11) is 0. The molecule has 9 heteroatoms. The molecule has 0 radical (unpaired) electrons. The van der Waals surface area contributed by atoms with Crippen LogP contribution in [0.2, 0.25) is 0 Å². The number of aldehydes is 1. The summed E-state index contributed by atoms with van der Waals surface area (Å²) < 4.78 is 75.0. The number of halogens is 6. The third-order valence-electron chi connectivity index (χ3n) is 2.37. The number of alkyl halides is 6. The molecule has 0 aromatic heterocycles. The van der Waals surface area contributed by atoms with Gasteiger partial charge in [-0.1, -0.05) is 0 Å². The minimum Gasteiger partial charge on any atom is -0.480 e. The zero-order valence-corrected chi connectivity index (χ0v) is 9.42. The number of carbonyl (C=O) groups is 2. The molecule has 1 unspecified atom stereocenters. The maximum absolute atomic E-state index is 12.5. The largest absolute Gasteiger partial charge is 0.480 e. The summed E-state index contributed by atoms with van der Waals surface area (Å²) in [5.74, 6) is -3.94. The molecule has 0 aliphatic heterocycles. The summed E-state index contributed by atoms with van der Waals surface area (Å²) in [5, 5.41) is 8.62. The van der Waals surface area contributed by atoms with Gasteiger partial charge in [-0.3, -0.25) is 4.79 Å². The maximum atomic E-state index is 12.5. The number of hydrogen-bond donors (Lipinski definition) is 1. The maximum Gasteiger partial charge on any atom is 0.416 e. The quantitative estimate of drug-likeness (QED) is 0.530. The summed E-state index contributed by atoms with van der Waals surface area (Å²) in [5.41, 5.74) is -4.22. The highest BCUT2D eigenvalue weighted by Crippen LogP contribution is 2.37. The second-order valence-electron chi connectivity index (χ2n) is 3.79. The standard InChI is InChI=1S/C11H6F6O3/c12-10(13,14)6-1-5(8(4-18)9(19)20)2-7(3-6)11(15,16)17/h1-4,8H,(H,19,20). The monoisotopic (exact) mass is 300 g/mol. The Kier molecular flexibility index (Phi) is 4.11. The molecule has 3 nitrogen and oxygen atoms in total. The highest BCUT2D eigenvalue weighted by Gasteiger charge is 2.38. The second-order valence-corrected chi connectivity index (χ2v) is 3.79. The summed E-state index contributed by atoms with van der Waals surface area (Å²) in [6.07, 6.45) is -10.4. The molecule has 20 heavy (non-hydrogen) atoms. The average Bonchev–Trinajstić information content (AvgIpc) is 2.26. The predicted molar refractivity (Wildman–Crippen MR) is 52.9 cm³/mol. The molecule has 1 N–H and O–H groups in total. The van der Waals surface area contributed by atoms with Crippen LogP contribution in [-0.2, 0) is 21.9 Å². The molecule has 0 amide bonds. The minimum atomic E-state index is -5.10. The van der Waals surface area contributed by atoms with Gasteiger partial charge < -0.3 is 9.90 Å². The Bertz CT molecular complexity index is 500. The van der Waals surface area contributed by atoms with Gasteiger partial charge >= 0.3 is 18.3 Å². The van der Waals surface area contributed by atoms with Crippen LogP contribution in [0.1, 0.15) is 22.6 Å². The molecule has 0 spiro atoms. The SMILES string of the molecule is O=CC(C(=O)O)c1cc(C(F)(F)F)cc(C(F)(F)F)c1. The summed E-state index contributed by atoms with van der Waals surface area (Å²) in [6.45, 7) is 0. The minimum absolute atomic E-state index is 0.146. The molecule has 0 fully saturated rings. The van der Waals surface area contributed by atoms with Gasteiger partial charge in [-0.15, -0.1) is 0 Å². The zero-order chi connectivity index (χ0) is 15.7. The van der Waals surface area contributed by atoms with Gasteiger partial charge in [0, 0.05) is 0 Å². The molecular formula is C11H6F6O3. The fourth-order valence-corrected chi connectivity index (χ4v) is 1.44. The first-order valence-electron chi connectivity index (χ1n) is 4.94. The van der Waals surface area contributed by atoms with E-state index >= 15 is 0 Å². The molecule has 1 aromatic rings. The van der Waals surface area contributed by atoms with Crippen molar-refractivity contribution in [1.82, 2.24) is 0 Å². The van der Waals surface area contributed by atoms with Crippen molar-refractivity contribution in [3.63, 3.8) is 0 Å². The number of carboxylic acid groups (broad SMARTS) is 1. The van der Waals surface area contributed by atoms with Gasteiger partial charge in [0.1, 0.15) is 12.2 Å². The lowest BCUT2D eigenvalue weighted by Crippen LogP contribution is -2.17. The summed E-state index contributed by atoms with van der Waals surface area (Å²) >= 11 is 0. The van der Waals surface area contributed by atoms with Gasteiger partial charge in [-0.2, -0.15) is 26.3 Å². The molecule has 0 aliphatic rings. The molecule has 1 rings (SSSR count). The van der Waals surface area contributed by atoms with Gasteiger partial charge in [-0.25, -0.2) is 0 Å². The molecule has 0 saturated carbocycles. The third-order valence-corrected chi connectivity index (χ3v) is 2.37. The van der Waals surface area contributed by atoms with Crippen molar-refractivity contribution >= 4 is 12.3 Å². The summed E-state index contributed by atoms with van der Waals surface area (Å²) in [4.78, 5) is 21.2. The Morgan fingerprint density at radius 1 is 1.00 bits per heavy atom. The smallest absolute Gasteiger partial charge is 0.416 e. The Labute approximate surface area is 107 Å². The van der Waals surface area contributed by atoms with Crippen LogP contribution in [0.5, 0.6) is 0 Å². The number of hydrogen-bond acceptors (Lipinski definition) is 2. The van der Waals surface area contributed by atoms with E-state index in [1.165, 1.54) is 0 Å². The van der Waals surface area contributed by atoms with Crippen LogP contribution in [0.4, 0.5) is 26.3 Å². The van der Waals surface area contributed by atoms with E-state index in [1.54, 1.807) is 0 Å². The van der Waals surface area contributed by atoms with Crippen LogP contribution >= 0.6 is 0 Å². The molecule has 0 bridgehead atoms. The Hall–Kier alpha value is -2.06. The second kappa shape index (κ2) is 5.14. The molecule has 1 atom stereocenters. The highest BCUT2D eigenvalue weighted by atomic mass is 19.4. The average molecular weight is 300 g/mol. The molecule has 1 aromatic carbocycles. The van der Waals surface area contributed by atoms with Crippen LogP contribution in [0.3, 0.4) is 0 Å². The first kappa shape index (κ1) is 16.0. The van der Waals surface area contributed by atoms with E-state index in [1.807, 2.05) is 0 Å². The van der Waals surface area contributed by atoms with Crippen molar-refractivity contribution < 1.29 is 41.0 Å². The van der Waals surface area contributed by atoms with Crippen LogP contribution in [0, 0.1) is 0 Å². The van der Waals surface area contributed by atoms with Crippen LogP contribution in [-0.4, -0.2) is 17.4 Å². The van der Waals surface area contributed by atoms with E-state index in [0.717, 1.165) is 0 Å². The van der Waals surface area contributed by atoms with Gasteiger partial charge in [0.05, 0.1) is 11.1 Å². The number of carbonyl (C=O) groups excluding carboxylic acids is 1. The highest BCUT2D eigenvalue weighted by molar-refractivity contribution is 5.93. The first-order chi connectivity index (χ1) is 8.96. The van der Waals surface area contributed by atoms with Gasteiger partial charge in [0.2, 0.25) is 0 Å². The summed E-state index contributed by atoms with van der Waals surface area (Å²) in [6, 6.07) is 0.276. The van der Waals surface area contributed by atoms with E-state index in [9.17, 15) is 35.9 Å². The van der Waals surface area contributed by atoms with E-state index in [2.05, 4.69) is 0 Å². The van der Waals surface area contributed by atoms with Gasteiger partial charge in [0.15, 0.2) is 0 Å². The van der Waals surface area contributed by atoms with Crippen molar-refractivity contribution in [3.05, 3.63) is 34.9 Å². The number of aliphatic carboxylic acids is 1. The Morgan fingerprint density at radius 2 is 1.40 bits per heavy atom. The normalized spacial score (nSPS) is 13.9. The van der Waals surface area contributed by atoms with Crippen molar-refractivity contribution in [3.8, 4) is 0 Å². The number of benzene rings is 1. The van der Waals surface area contributed by atoms with Crippen molar-refractivity contribution in [2.75, 3.05) is 0 Å². The number of rotatable bonds is 3. The molecule has 110 valence electrons. The van der Waals surface area contributed by atoms with Crippen LogP contribution in [0.25, 0.3) is 0 Å². The lowest BCUT2D eigenvalue weighted by molar-refractivity contribution is -0.145. The van der Waals surface area contributed by atoms with Crippen molar-refractivity contribution in [2.24, 2.45) is 0 Å². The lowest BCUT2D eigenvalue weighted by Gasteiger charge is -2.15. The van der Waals surface area contributed by atoms with Crippen LogP contribution in [0.15, 0.2) is 18.2 Å². The van der Waals surface area contributed by atoms with Crippen molar-refractivity contribution in [1.29, 1.82) is 0 Å². The lowest BCUT2D eigenvalue weighted by atomic mass is 9.95. The van der Waals surface area contributed by atoms with E-state index in [4.69, 9.17) is 5.11 Å². The van der Waals surface area contributed by atoms with Gasteiger partial charge in [0.25, 0.3) is 0 Å². The Morgan fingerprint density at radius 3 is 1.65 bits per heavy atom. The van der Waals surface area contributed by atoms with E-state index in [-0.39, 0.29) is 24.5 Å². The Balaban J connectivity index is 3.53. The fraction of sp³-hybridized carbons (Fsp3) is 0.273. The molecule has 0 saturated heterocycles. The third kappa shape index (κ3) is 3.49. The van der Waals surface area contributed by atoms with E-state index < -0.39 is 40.9 Å². The topological polar surface area (TPSA) is 54.4 Å². The van der Waals surface area contributed by atoms with Crippen LogP contribution < -0.4 is 0 Å². The molecule has 0 heterocycles. The number of carboxylic acids is 1. The van der Waals surface area contributed by atoms with Crippen molar-refractivity contribution in [2.45, 2.75) is 18.3 Å². The van der Waals surface area contributed by atoms with E-state index in [0.29, 0.717) is 0 Å². The predicted octanol–water partition coefficient (Wildman–Crippen LogP) is 3.09. The fourth-order valence-electron chi connectivity index (χ4n) is 1.44. The van der Waals surface area contributed by atoms with Gasteiger partial charge in [-0.05, 0) is 23.8 Å². The zero-order valence-electron chi connectivity index (χ0n) is 9.42. The molecular weight excluding hydrogens is 294 g/mol.